The molecule has 0 bridgehead atoms. The molecule has 1 heterocycles. The second kappa shape index (κ2) is 4.13. The van der Waals surface area contributed by atoms with Gasteiger partial charge in [0.2, 0.25) is 0 Å². The van der Waals surface area contributed by atoms with E-state index in [2.05, 4.69) is 0 Å². The van der Waals surface area contributed by atoms with Crippen LogP contribution in [0.2, 0.25) is 0 Å². The summed E-state index contributed by atoms with van der Waals surface area (Å²) in [6.07, 6.45) is 3.46. The van der Waals surface area contributed by atoms with Crippen LogP contribution in [0.4, 0.5) is 10.1 Å². The van der Waals surface area contributed by atoms with Crippen LogP contribution < -0.4 is 4.90 Å². The van der Waals surface area contributed by atoms with Crippen molar-refractivity contribution in [2.45, 2.75) is 13.8 Å². The number of hydrogen-bond acceptors (Lipinski definition) is 2. The lowest BCUT2D eigenvalue weighted by molar-refractivity contribution is -0.114. The SMILES string of the molecule is C/C=C/CN1C(=O)C(=O)c2cc(C)cc(F)c21. The third kappa shape index (κ3) is 1.75. The first kappa shape index (κ1) is 11.5. The molecule has 0 radical (unpaired) electrons. The number of allylic oxidation sites excluding steroid dienone is 1. The summed E-state index contributed by atoms with van der Waals surface area (Å²) in [4.78, 5) is 24.6. The van der Waals surface area contributed by atoms with Gasteiger partial charge in [-0.1, -0.05) is 12.2 Å². The van der Waals surface area contributed by atoms with Gasteiger partial charge >= 0.3 is 0 Å². The molecular weight excluding hydrogens is 221 g/mol. The Morgan fingerprint density at radius 3 is 2.71 bits per heavy atom. The first-order valence-electron chi connectivity index (χ1n) is 5.33. The lowest BCUT2D eigenvalue weighted by Crippen LogP contribution is -2.30. The third-order valence-electron chi connectivity index (χ3n) is 2.69. The summed E-state index contributed by atoms with van der Waals surface area (Å²) in [6.45, 7) is 3.71. The van der Waals surface area contributed by atoms with Crippen molar-refractivity contribution in [2.24, 2.45) is 0 Å². The molecule has 1 aliphatic heterocycles. The fourth-order valence-corrected chi connectivity index (χ4v) is 1.91. The van der Waals surface area contributed by atoms with Crippen LogP contribution in [0.25, 0.3) is 0 Å². The highest BCUT2D eigenvalue weighted by Gasteiger charge is 2.37. The minimum atomic E-state index is -0.664. The van der Waals surface area contributed by atoms with Gasteiger partial charge in [-0.25, -0.2) is 4.39 Å². The average Bonchev–Trinajstić information content (AvgIpc) is 2.51. The van der Waals surface area contributed by atoms with E-state index in [1.54, 1.807) is 32.1 Å². The Morgan fingerprint density at radius 1 is 1.35 bits per heavy atom. The quantitative estimate of drug-likeness (QED) is 0.580. The van der Waals surface area contributed by atoms with E-state index in [0.29, 0.717) is 5.56 Å². The van der Waals surface area contributed by atoms with Gasteiger partial charge in [-0.3, -0.25) is 14.5 Å². The molecule has 1 aromatic rings. The normalized spacial score (nSPS) is 14.9. The zero-order valence-electron chi connectivity index (χ0n) is 9.66. The smallest absolute Gasteiger partial charge is 0.298 e. The minimum absolute atomic E-state index is 0.101. The summed E-state index contributed by atoms with van der Waals surface area (Å²) in [5.74, 6) is -1.82. The molecule has 0 fully saturated rings. The second-order valence-corrected chi connectivity index (χ2v) is 3.96. The summed E-state index contributed by atoms with van der Waals surface area (Å²) in [5, 5.41) is 0. The van der Waals surface area contributed by atoms with Gasteiger partial charge in [0.15, 0.2) is 0 Å². The highest BCUT2D eigenvalue weighted by atomic mass is 19.1. The Bertz CT molecular complexity index is 534. The summed E-state index contributed by atoms with van der Waals surface area (Å²) in [5.41, 5.74) is 0.899. The van der Waals surface area contributed by atoms with Crippen LogP contribution in [0.1, 0.15) is 22.8 Å². The van der Waals surface area contributed by atoms with Crippen LogP contribution >= 0.6 is 0 Å². The van der Waals surface area contributed by atoms with Crippen molar-refractivity contribution in [2.75, 3.05) is 11.4 Å². The zero-order chi connectivity index (χ0) is 12.6. The van der Waals surface area contributed by atoms with Gasteiger partial charge in [-0.2, -0.15) is 0 Å². The van der Waals surface area contributed by atoms with Crippen LogP contribution in [0.3, 0.4) is 0 Å². The minimum Gasteiger partial charge on any atom is -0.298 e. The maximum Gasteiger partial charge on any atom is 0.299 e. The number of amides is 1. The van der Waals surface area contributed by atoms with Crippen molar-refractivity contribution in [3.63, 3.8) is 0 Å². The van der Waals surface area contributed by atoms with Crippen LogP contribution in [0, 0.1) is 12.7 Å². The molecule has 1 amide bonds. The molecule has 0 aromatic heterocycles. The number of aryl methyl sites for hydroxylation is 1. The molecule has 1 aliphatic rings. The Balaban J connectivity index is 2.56. The number of ketones is 1. The van der Waals surface area contributed by atoms with Crippen LogP contribution in [-0.4, -0.2) is 18.2 Å². The van der Waals surface area contributed by atoms with E-state index < -0.39 is 17.5 Å². The number of fused-ring (bicyclic) bond motifs is 1. The highest BCUT2D eigenvalue weighted by Crippen LogP contribution is 2.32. The van der Waals surface area contributed by atoms with Gasteiger partial charge in [0, 0.05) is 6.54 Å². The van der Waals surface area contributed by atoms with Crippen LogP contribution in [0.5, 0.6) is 0 Å². The molecule has 0 unspecified atom stereocenters. The van der Waals surface area contributed by atoms with Gasteiger partial charge in [-0.15, -0.1) is 0 Å². The molecule has 0 aliphatic carbocycles. The maximum absolute atomic E-state index is 13.8. The molecule has 0 N–H and O–H groups in total. The van der Waals surface area contributed by atoms with Gasteiger partial charge < -0.3 is 0 Å². The monoisotopic (exact) mass is 233 g/mol. The highest BCUT2D eigenvalue weighted by molar-refractivity contribution is 6.52. The van der Waals surface area contributed by atoms with E-state index in [1.807, 2.05) is 0 Å². The number of halogens is 1. The fourth-order valence-electron chi connectivity index (χ4n) is 1.91. The number of Topliss-reactive ketones (excluding diaryl/α,β-unsaturated/α-hetero) is 1. The van der Waals surface area contributed by atoms with Gasteiger partial charge in [0.1, 0.15) is 5.82 Å². The summed E-state index contributed by atoms with van der Waals surface area (Å²) < 4.78 is 13.8. The molecule has 17 heavy (non-hydrogen) atoms. The Hall–Kier alpha value is -1.97. The molecule has 4 heteroatoms. The predicted octanol–water partition coefficient (Wildman–Crippen LogP) is 2.24. The molecule has 1 aromatic carbocycles. The third-order valence-corrected chi connectivity index (χ3v) is 2.69. The van der Waals surface area contributed by atoms with E-state index >= 15 is 0 Å². The summed E-state index contributed by atoms with van der Waals surface area (Å²) in [6, 6.07) is 2.88. The molecule has 0 atom stereocenters. The largest absolute Gasteiger partial charge is 0.299 e. The van der Waals surface area contributed by atoms with Crippen LogP contribution in [-0.2, 0) is 4.79 Å². The van der Waals surface area contributed by atoms with Gasteiger partial charge in [0.05, 0.1) is 11.3 Å². The molecule has 0 saturated carbocycles. The first-order chi connectivity index (χ1) is 8.06. The molecular formula is C13H12FNO2. The lowest BCUT2D eigenvalue weighted by Gasteiger charge is -2.14. The van der Waals surface area contributed by atoms with E-state index in [-0.39, 0.29) is 17.8 Å². The topological polar surface area (TPSA) is 37.4 Å². The van der Waals surface area contributed by atoms with E-state index in [0.717, 1.165) is 0 Å². The first-order valence-corrected chi connectivity index (χ1v) is 5.33. The Morgan fingerprint density at radius 2 is 2.06 bits per heavy atom. The maximum atomic E-state index is 13.8. The van der Waals surface area contributed by atoms with E-state index in [1.165, 1.54) is 11.0 Å². The van der Waals surface area contributed by atoms with Crippen molar-refractivity contribution in [1.29, 1.82) is 0 Å². The average molecular weight is 233 g/mol. The number of anilines is 1. The molecule has 3 nitrogen and oxygen atoms in total. The summed E-state index contributed by atoms with van der Waals surface area (Å²) >= 11 is 0. The number of carbonyl (C=O) groups is 2. The molecule has 88 valence electrons. The predicted molar refractivity (Wildman–Crippen MR) is 62.6 cm³/mol. The Labute approximate surface area is 98.5 Å². The van der Waals surface area contributed by atoms with Crippen molar-refractivity contribution in [3.05, 3.63) is 41.2 Å². The number of carbonyl (C=O) groups excluding carboxylic acids is 2. The van der Waals surface area contributed by atoms with Gasteiger partial charge in [0.25, 0.3) is 11.7 Å². The zero-order valence-corrected chi connectivity index (χ0v) is 9.66. The van der Waals surface area contributed by atoms with Gasteiger partial charge in [-0.05, 0) is 31.5 Å². The fraction of sp³-hybridized carbons (Fsp3) is 0.231. The Kier molecular flexibility index (Phi) is 2.79. The number of nitrogens with zero attached hydrogens (tertiary/aromatic N) is 1. The lowest BCUT2D eigenvalue weighted by atomic mass is 10.1. The molecule has 0 saturated heterocycles. The van der Waals surface area contributed by atoms with E-state index in [4.69, 9.17) is 0 Å². The van der Waals surface area contributed by atoms with E-state index in [9.17, 15) is 14.0 Å². The standard InChI is InChI=1S/C13H12FNO2/c1-3-4-5-15-11-9(12(16)13(15)17)6-8(2)7-10(11)14/h3-4,6-7H,5H2,1-2H3/b4-3+. The van der Waals surface area contributed by atoms with Crippen molar-refractivity contribution < 1.29 is 14.0 Å². The summed E-state index contributed by atoms with van der Waals surface area (Å²) in [7, 11) is 0. The number of rotatable bonds is 2. The van der Waals surface area contributed by atoms with Crippen molar-refractivity contribution in [3.8, 4) is 0 Å². The number of benzene rings is 1. The second-order valence-electron chi connectivity index (χ2n) is 3.96. The van der Waals surface area contributed by atoms with Crippen LogP contribution in [0.15, 0.2) is 24.3 Å². The van der Waals surface area contributed by atoms with Crippen molar-refractivity contribution in [1.82, 2.24) is 0 Å². The molecule has 2 rings (SSSR count). The molecule has 0 spiro atoms. The van der Waals surface area contributed by atoms with Crippen molar-refractivity contribution >= 4 is 17.4 Å². The number of hydrogen-bond donors (Lipinski definition) is 0.